The second-order valence-corrected chi connectivity index (χ2v) is 6.79. The van der Waals surface area contributed by atoms with E-state index in [-0.39, 0.29) is 5.75 Å². The van der Waals surface area contributed by atoms with Crippen molar-refractivity contribution in [2.45, 2.75) is 6.92 Å². The second-order valence-electron chi connectivity index (χ2n) is 6.79. The van der Waals surface area contributed by atoms with Gasteiger partial charge in [-0.25, -0.2) is 9.79 Å². The van der Waals surface area contributed by atoms with Crippen molar-refractivity contribution in [3.05, 3.63) is 83.7 Å². The first-order valence-electron chi connectivity index (χ1n) is 9.80. The zero-order valence-electron chi connectivity index (χ0n) is 17.2. The van der Waals surface area contributed by atoms with E-state index in [2.05, 4.69) is 0 Å². The Morgan fingerprint density at radius 3 is 2.58 bits per heavy atom. The van der Waals surface area contributed by atoms with Crippen molar-refractivity contribution in [3.63, 3.8) is 0 Å². The molecule has 0 saturated carbocycles. The van der Waals surface area contributed by atoms with Crippen LogP contribution in [0.25, 0.3) is 22.3 Å². The predicted molar refractivity (Wildman–Crippen MR) is 117 cm³/mol. The molecule has 6 heteroatoms. The largest absolute Gasteiger partial charge is 0.508 e. The number of rotatable bonds is 5. The highest BCUT2D eigenvalue weighted by Crippen LogP contribution is 2.26. The van der Waals surface area contributed by atoms with Crippen molar-refractivity contribution < 1.29 is 23.8 Å². The Kier molecular flexibility index (Phi) is 5.71. The Labute approximate surface area is 179 Å². The molecule has 1 heterocycles. The third-order valence-corrected chi connectivity index (χ3v) is 4.71. The summed E-state index contributed by atoms with van der Waals surface area (Å²) in [7, 11) is 1.61. The minimum absolute atomic E-state index is 0.108. The fraction of sp³-hybridized carbons (Fsp3) is 0.120. The molecule has 0 atom stereocenters. The highest BCUT2D eigenvalue weighted by molar-refractivity contribution is 5.90. The molecule has 0 bridgehead atoms. The summed E-state index contributed by atoms with van der Waals surface area (Å²) in [5.41, 5.74) is 2.44. The number of phenolic OH excluding ortho intramolecular Hbond substituents is 1. The molecule has 0 fully saturated rings. The highest BCUT2D eigenvalue weighted by atomic mass is 16.5. The summed E-state index contributed by atoms with van der Waals surface area (Å²) in [5.74, 6) is 1.07. The zero-order valence-corrected chi connectivity index (χ0v) is 17.2. The quantitative estimate of drug-likeness (QED) is 0.452. The molecular formula is C25H21NO5. The fourth-order valence-electron chi connectivity index (χ4n) is 3.20. The van der Waals surface area contributed by atoms with E-state index in [1.165, 1.54) is 0 Å². The standard InChI is InChI=1S/C25H21NO5/c1-3-30-25(28)17-5-4-6-18(13-17)26-22-15-24(16-7-10-20(29-2)11-8-16)31-23-12-9-19(27)14-21(22)23/h4-15,27H,3H2,1-2H3. The molecule has 31 heavy (non-hydrogen) atoms. The summed E-state index contributed by atoms with van der Waals surface area (Å²) in [4.78, 5) is 16.8. The van der Waals surface area contributed by atoms with E-state index in [4.69, 9.17) is 18.9 Å². The number of carbonyl (C=O) groups is 1. The predicted octanol–water partition coefficient (Wildman–Crippen LogP) is 5.22. The van der Waals surface area contributed by atoms with Crippen LogP contribution < -0.4 is 10.1 Å². The molecule has 0 spiro atoms. The molecule has 0 unspecified atom stereocenters. The Morgan fingerprint density at radius 2 is 1.84 bits per heavy atom. The van der Waals surface area contributed by atoms with Gasteiger partial charge in [0.15, 0.2) is 0 Å². The van der Waals surface area contributed by atoms with Crippen molar-refractivity contribution in [1.29, 1.82) is 0 Å². The number of fused-ring (bicyclic) bond motifs is 1. The van der Waals surface area contributed by atoms with E-state index >= 15 is 0 Å². The molecule has 0 amide bonds. The number of hydrogen-bond acceptors (Lipinski definition) is 6. The van der Waals surface area contributed by atoms with Crippen LogP contribution in [-0.2, 0) is 4.74 Å². The molecule has 3 aromatic carbocycles. The van der Waals surface area contributed by atoms with Gasteiger partial charge in [-0.2, -0.15) is 0 Å². The first-order chi connectivity index (χ1) is 15.1. The number of benzene rings is 3. The van der Waals surface area contributed by atoms with Crippen LogP contribution in [0.1, 0.15) is 17.3 Å². The van der Waals surface area contributed by atoms with Crippen LogP contribution in [-0.4, -0.2) is 24.8 Å². The first kappa shape index (κ1) is 20.2. The number of hydrogen-bond donors (Lipinski definition) is 1. The number of nitrogens with zero attached hydrogens (tertiary/aromatic N) is 1. The van der Waals surface area contributed by atoms with Gasteiger partial charge in [0.05, 0.1) is 30.3 Å². The average molecular weight is 415 g/mol. The van der Waals surface area contributed by atoms with Crippen LogP contribution in [0.2, 0.25) is 0 Å². The monoisotopic (exact) mass is 415 g/mol. The maximum Gasteiger partial charge on any atom is 0.338 e. The smallest absolute Gasteiger partial charge is 0.338 e. The number of methoxy groups -OCH3 is 1. The van der Waals surface area contributed by atoms with Gasteiger partial charge in [-0.15, -0.1) is 0 Å². The van der Waals surface area contributed by atoms with E-state index in [0.29, 0.717) is 39.9 Å². The minimum atomic E-state index is -0.399. The summed E-state index contributed by atoms with van der Waals surface area (Å²) in [6.45, 7) is 2.06. The number of phenols is 1. The Hall–Kier alpha value is -4.06. The lowest BCUT2D eigenvalue weighted by Crippen LogP contribution is -2.05. The van der Waals surface area contributed by atoms with Crippen molar-refractivity contribution in [2.24, 2.45) is 4.99 Å². The third-order valence-electron chi connectivity index (χ3n) is 4.71. The highest BCUT2D eigenvalue weighted by Gasteiger charge is 2.09. The summed E-state index contributed by atoms with van der Waals surface area (Å²) in [6.07, 6.45) is 0. The molecule has 156 valence electrons. The molecule has 0 aliphatic rings. The van der Waals surface area contributed by atoms with Gasteiger partial charge in [-0.3, -0.25) is 0 Å². The maximum absolute atomic E-state index is 12.1. The lowest BCUT2D eigenvalue weighted by molar-refractivity contribution is 0.0526. The molecule has 0 aliphatic heterocycles. The molecule has 6 nitrogen and oxygen atoms in total. The van der Waals surface area contributed by atoms with Crippen molar-refractivity contribution >= 4 is 22.6 Å². The summed E-state index contributed by atoms with van der Waals surface area (Å²) < 4.78 is 16.4. The summed E-state index contributed by atoms with van der Waals surface area (Å²) in [6, 6.07) is 21.1. The normalized spacial score (nSPS) is 11.5. The van der Waals surface area contributed by atoms with E-state index in [1.54, 1.807) is 62.6 Å². The van der Waals surface area contributed by atoms with Gasteiger partial charge in [-0.1, -0.05) is 6.07 Å². The molecule has 4 aromatic rings. The SMILES string of the molecule is CCOC(=O)c1cccc(N=c2cc(-c3ccc(OC)cc3)oc3ccc(O)cc23)c1. The number of aromatic hydroxyl groups is 1. The molecule has 0 aliphatic carbocycles. The van der Waals surface area contributed by atoms with Crippen LogP contribution in [0.3, 0.4) is 0 Å². The van der Waals surface area contributed by atoms with Gasteiger partial charge < -0.3 is 19.0 Å². The van der Waals surface area contributed by atoms with E-state index in [1.807, 2.05) is 24.3 Å². The molecular weight excluding hydrogens is 394 g/mol. The van der Waals surface area contributed by atoms with E-state index in [0.717, 1.165) is 11.3 Å². The Morgan fingerprint density at radius 1 is 1.03 bits per heavy atom. The lowest BCUT2D eigenvalue weighted by Gasteiger charge is -2.07. The third kappa shape index (κ3) is 4.43. The van der Waals surface area contributed by atoms with Gasteiger partial charge in [-0.05, 0) is 67.6 Å². The Bertz CT molecular complexity index is 1310. The van der Waals surface area contributed by atoms with Crippen LogP contribution in [0.4, 0.5) is 5.69 Å². The van der Waals surface area contributed by atoms with Crippen molar-refractivity contribution in [3.8, 4) is 22.8 Å². The number of ether oxygens (including phenoxy) is 2. The van der Waals surface area contributed by atoms with Gasteiger partial charge in [0, 0.05) is 17.0 Å². The zero-order chi connectivity index (χ0) is 21.8. The van der Waals surface area contributed by atoms with Crippen LogP contribution in [0.5, 0.6) is 11.5 Å². The second kappa shape index (κ2) is 8.75. The molecule has 0 radical (unpaired) electrons. The van der Waals surface area contributed by atoms with Crippen molar-refractivity contribution in [1.82, 2.24) is 0 Å². The number of carbonyl (C=O) groups excluding carboxylic acids is 1. The van der Waals surface area contributed by atoms with Gasteiger partial charge in [0.1, 0.15) is 22.8 Å². The fourth-order valence-corrected chi connectivity index (χ4v) is 3.20. The number of esters is 1. The maximum atomic E-state index is 12.1. The molecule has 0 saturated heterocycles. The topological polar surface area (TPSA) is 81.3 Å². The lowest BCUT2D eigenvalue weighted by atomic mass is 10.1. The summed E-state index contributed by atoms with van der Waals surface area (Å²) >= 11 is 0. The van der Waals surface area contributed by atoms with Crippen molar-refractivity contribution in [2.75, 3.05) is 13.7 Å². The van der Waals surface area contributed by atoms with Gasteiger partial charge in [0.25, 0.3) is 0 Å². The van der Waals surface area contributed by atoms with Crippen LogP contribution in [0.15, 0.2) is 82.2 Å². The molecule has 1 aromatic heterocycles. The van der Waals surface area contributed by atoms with E-state index in [9.17, 15) is 9.90 Å². The van der Waals surface area contributed by atoms with Gasteiger partial charge in [0.2, 0.25) is 0 Å². The van der Waals surface area contributed by atoms with Gasteiger partial charge >= 0.3 is 5.97 Å². The summed E-state index contributed by atoms with van der Waals surface area (Å²) in [5, 5.41) is 11.2. The molecule has 1 N–H and O–H groups in total. The minimum Gasteiger partial charge on any atom is -0.508 e. The van der Waals surface area contributed by atoms with E-state index < -0.39 is 5.97 Å². The van der Waals surface area contributed by atoms with Crippen LogP contribution >= 0.6 is 0 Å². The van der Waals surface area contributed by atoms with Crippen LogP contribution in [0, 0.1) is 0 Å². The molecule has 4 rings (SSSR count). The Balaban J connectivity index is 1.88. The average Bonchev–Trinajstić information content (AvgIpc) is 2.79. The first-order valence-corrected chi connectivity index (χ1v) is 9.80.